The number of aromatic nitrogens is 3. The fourth-order valence-corrected chi connectivity index (χ4v) is 2.59. The Bertz CT molecular complexity index is 690. The van der Waals surface area contributed by atoms with Gasteiger partial charge in [0.25, 0.3) is 5.69 Å². The molecule has 1 fully saturated rings. The summed E-state index contributed by atoms with van der Waals surface area (Å²) in [5.41, 5.74) is 1.59. The number of nitro groups is 1. The Morgan fingerprint density at radius 2 is 1.91 bits per heavy atom. The summed E-state index contributed by atoms with van der Waals surface area (Å²) >= 11 is 0. The van der Waals surface area contributed by atoms with Crippen molar-refractivity contribution in [3.8, 4) is 11.1 Å². The second kappa shape index (κ2) is 5.72. The summed E-state index contributed by atoms with van der Waals surface area (Å²) in [6.07, 6.45) is 4.88. The molecular weight excluding hydrogens is 284 g/mol. The first kappa shape index (κ1) is 14.5. The first-order valence-corrected chi connectivity index (χ1v) is 7.11. The van der Waals surface area contributed by atoms with Crippen LogP contribution in [0.15, 0.2) is 24.7 Å². The predicted octanol–water partition coefficient (Wildman–Crippen LogP) is 1.14. The molecule has 0 N–H and O–H groups in total. The molecule has 0 saturated carbocycles. The van der Waals surface area contributed by atoms with Gasteiger partial charge in [-0.3, -0.25) is 14.8 Å². The summed E-state index contributed by atoms with van der Waals surface area (Å²) in [5.74, 6) is 0.784. The van der Waals surface area contributed by atoms with Crippen molar-refractivity contribution in [1.29, 1.82) is 0 Å². The largest absolute Gasteiger partial charge is 0.354 e. The maximum atomic E-state index is 11.0. The number of nitrogens with zero attached hydrogens (tertiary/aromatic N) is 6. The highest BCUT2D eigenvalue weighted by atomic mass is 16.6. The van der Waals surface area contributed by atoms with E-state index in [-0.39, 0.29) is 5.69 Å². The van der Waals surface area contributed by atoms with Gasteiger partial charge in [-0.15, -0.1) is 0 Å². The van der Waals surface area contributed by atoms with Crippen molar-refractivity contribution in [1.82, 2.24) is 19.7 Å². The fraction of sp³-hybridized carbons (Fsp3) is 0.429. The zero-order chi connectivity index (χ0) is 15.7. The van der Waals surface area contributed by atoms with E-state index >= 15 is 0 Å². The molecule has 2 aromatic rings. The number of pyridine rings is 1. The lowest BCUT2D eigenvalue weighted by molar-refractivity contribution is -0.385. The predicted molar refractivity (Wildman–Crippen MR) is 82.8 cm³/mol. The molecule has 3 rings (SSSR count). The zero-order valence-electron chi connectivity index (χ0n) is 12.6. The van der Waals surface area contributed by atoms with E-state index in [4.69, 9.17) is 0 Å². The topological polar surface area (TPSA) is 80.3 Å². The van der Waals surface area contributed by atoms with Gasteiger partial charge in [0.05, 0.1) is 11.1 Å². The molecule has 1 aliphatic rings. The normalized spacial score (nSPS) is 16.0. The highest BCUT2D eigenvalue weighted by Gasteiger charge is 2.22. The molecule has 0 unspecified atom stereocenters. The average molecular weight is 302 g/mol. The molecule has 0 atom stereocenters. The molecule has 8 heteroatoms. The van der Waals surface area contributed by atoms with Gasteiger partial charge < -0.3 is 9.80 Å². The summed E-state index contributed by atoms with van der Waals surface area (Å²) in [6.45, 7) is 3.61. The van der Waals surface area contributed by atoms with E-state index in [2.05, 4.69) is 26.9 Å². The zero-order valence-corrected chi connectivity index (χ0v) is 12.6. The van der Waals surface area contributed by atoms with Gasteiger partial charge in [0.2, 0.25) is 0 Å². The molecule has 0 bridgehead atoms. The van der Waals surface area contributed by atoms with Crippen LogP contribution in [0.5, 0.6) is 0 Å². The first-order chi connectivity index (χ1) is 10.5. The van der Waals surface area contributed by atoms with Crippen LogP contribution in [-0.2, 0) is 7.05 Å². The van der Waals surface area contributed by atoms with Gasteiger partial charge in [0.15, 0.2) is 0 Å². The van der Waals surface area contributed by atoms with Gasteiger partial charge in [0, 0.05) is 56.6 Å². The van der Waals surface area contributed by atoms with Gasteiger partial charge in [0.1, 0.15) is 12.0 Å². The van der Waals surface area contributed by atoms with Crippen LogP contribution < -0.4 is 4.90 Å². The van der Waals surface area contributed by atoms with Gasteiger partial charge >= 0.3 is 0 Å². The number of anilines is 1. The average Bonchev–Trinajstić information content (AvgIpc) is 2.94. The number of likely N-dealkylation sites (N-methyl/N-ethyl adjacent to an activating group) is 1. The standard InChI is InChI=1S/C14H18N6O2/c1-17-3-5-19(6-4-17)14-13(11-8-16-18(2)10-11)7-12(9-15-14)20(21)22/h7-10H,3-6H2,1-2H3. The molecule has 0 aliphatic carbocycles. The third kappa shape index (κ3) is 2.77. The number of piperazine rings is 1. The molecule has 1 aliphatic heterocycles. The Morgan fingerprint density at radius 3 is 2.50 bits per heavy atom. The van der Waals surface area contributed by atoms with E-state index < -0.39 is 4.92 Å². The highest BCUT2D eigenvalue weighted by Crippen LogP contribution is 2.32. The van der Waals surface area contributed by atoms with Gasteiger partial charge in [-0.05, 0) is 7.05 Å². The van der Waals surface area contributed by atoms with Crippen molar-refractivity contribution in [2.24, 2.45) is 7.05 Å². The monoisotopic (exact) mass is 302 g/mol. The van der Waals surface area contributed by atoms with Gasteiger partial charge in [-0.25, -0.2) is 4.98 Å². The molecule has 22 heavy (non-hydrogen) atoms. The Kier molecular flexibility index (Phi) is 3.76. The van der Waals surface area contributed by atoms with Crippen molar-refractivity contribution in [2.75, 3.05) is 38.1 Å². The van der Waals surface area contributed by atoms with Crippen molar-refractivity contribution < 1.29 is 4.92 Å². The molecule has 0 spiro atoms. The van der Waals surface area contributed by atoms with Crippen LogP contribution in [0.4, 0.5) is 11.5 Å². The molecule has 0 radical (unpaired) electrons. The van der Waals surface area contributed by atoms with Crippen molar-refractivity contribution in [2.45, 2.75) is 0 Å². The molecule has 3 heterocycles. The van der Waals surface area contributed by atoms with E-state index in [1.54, 1.807) is 16.9 Å². The minimum Gasteiger partial charge on any atom is -0.354 e. The molecular formula is C14H18N6O2. The minimum atomic E-state index is -0.416. The smallest absolute Gasteiger partial charge is 0.288 e. The Labute approximate surface area is 128 Å². The van der Waals surface area contributed by atoms with Gasteiger partial charge in [-0.2, -0.15) is 5.10 Å². The maximum absolute atomic E-state index is 11.0. The van der Waals surface area contributed by atoms with Crippen LogP contribution in [0.1, 0.15) is 0 Å². The second-order valence-corrected chi connectivity index (χ2v) is 5.51. The molecule has 116 valence electrons. The van der Waals surface area contributed by atoms with Crippen molar-refractivity contribution in [3.63, 3.8) is 0 Å². The van der Waals surface area contributed by atoms with E-state index in [0.29, 0.717) is 0 Å². The van der Waals surface area contributed by atoms with E-state index in [9.17, 15) is 10.1 Å². The number of aryl methyl sites for hydroxylation is 1. The highest BCUT2D eigenvalue weighted by molar-refractivity contribution is 5.77. The molecule has 8 nitrogen and oxygen atoms in total. The Balaban J connectivity index is 2.03. The Hall–Kier alpha value is -2.48. The summed E-state index contributed by atoms with van der Waals surface area (Å²) in [5, 5.41) is 15.2. The van der Waals surface area contributed by atoms with Crippen LogP contribution in [0.2, 0.25) is 0 Å². The lowest BCUT2D eigenvalue weighted by Crippen LogP contribution is -2.45. The van der Waals surface area contributed by atoms with Crippen LogP contribution in [0, 0.1) is 10.1 Å². The van der Waals surface area contributed by atoms with Crippen LogP contribution in [-0.4, -0.2) is 57.8 Å². The van der Waals surface area contributed by atoms with Crippen molar-refractivity contribution >= 4 is 11.5 Å². The minimum absolute atomic E-state index is 0.00303. The molecule has 0 aromatic carbocycles. The summed E-state index contributed by atoms with van der Waals surface area (Å²) < 4.78 is 1.68. The van der Waals surface area contributed by atoms with Crippen LogP contribution in [0.25, 0.3) is 11.1 Å². The van der Waals surface area contributed by atoms with Crippen LogP contribution >= 0.6 is 0 Å². The molecule has 1 saturated heterocycles. The molecule has 0 amide bonds. The van der Waals surface area contributed by atoms with E-state index in [1.807, 2.05) is 13.2 Å². The number of hydrogen-bond donors (Lipinski definition) is 0. The second-order valence-electron chi connectivity index (χ2n) is 5.51. The van der Waals surface area contributed by atoms with E-state index in [1.165, 1.54) is 6.20 Å². The number of hydrogen-bond acceptors (Lipinski definition) is 6. The van der Waals surface area contributed by atoms with Gasteiger partial charge in [-0.1, -0.05) is 0 Å². The Morgan fingerprint density at radius 1 is 1.18 bits per heavy atom. The van der Waals surface area contributed by atoms with Crippen LogP contribution in [0.3, 0.4) is 0 Å². The summed E-state index contributed by atoms with van der Waals surface area (Å²) in [7, 11) is 3.91. The quantitative estimate of drug-likeness (QED) is 0.625. The fourth-order valence-electron chi connectivity index (χ4n) is 2.59. The third-order valence-corrected chi connectivity index (χ3v) is 3.88. The lowest BCUT2D eigenvalue weighted by atomic mass is 10.1. The lowest BCUT2D eigenvalue weighted by Gasteiger charge is -2.34. The number of rotatable bonds is 3. The van der Waals surface area contributed by atoms with Crippen molar-refractivity contribution in [3.05, 3.63) is 34.8 Å². The third-order valence-electron chi connectivity index (χ3n) is 3.88. The maximum Gasteiger partial charge on any atom is 0.288 e. The summed E-state index contributed by atoms with van der Waals surface area (Å²) in [4.78, 5) is 19.4. The molecule has 2 aromatic heterocycles. The van der Waals surface area contributed by atoms with E-state index in [0.717, 1.165) is 43.1 Å². The first-order valence-electron chi connectivity index (χ1n) is 7.11. The SMILES string of the molecule is CN1CCN(c2ncc([N+](=O)[O-])cc2-c2cnn(C)c2)CC1. The summed E-state index contributed by atoms with van der Waals surface area (Å²) in [6, 6.07) is 1.58.